The Kier molecular flexibility index (Phi) is 6.05. The van der Waals surface area contributed by atoms with Crippen LogP contribution in [0, 0.1) is 0 Å². The first-order valence-corrected chi connectivity index (χ1v) is 9.77. The molecule has 156 valence electrons. The lowest BCUT2D eigenvalue weighted by Crippen LogP contribution is -2.43. The molecular weight excluding hydrogens is 376 g/mol. The largest absolute Gasteiger partial charge is 0.454 e. The molecule has 3 rings (SSSR count). The van der Waals surface area contributed by atoms with Gasteiger partial charge in [-0.2, -0.15) is 0 Å². The summed E-state index contributed by atoms with van der Waals surface area (Å²) in [6, 6.07) is 6.84. The van der Waals surface area contributed by atoms with Crippen LogP contribution in [0.5, 0.6) is 0 Å². The molecule has 0 unspecified atom stereocenters. The van der Waals surface area contributed by atoms with Gasteiger partial charge in [0.2, 0.25) is 0 Å². The van der Waals surface area contributed by atoms with Gasteiger partial charge in [-0.15, -0.1) is 0 Å². The van der Waals surface area contributed by atoms with E-state index in [1.165, 1.54) is 12.8 Å². The van der Waals surface area contributed by atoms with Gasteiger partial charge in [0.25, 0.3) is 11.8 Å². The highest BCUT2D eigenvalue weighted by atomic mass is 16.5. The second-order valence-electron chi connectivity index (χ2n) is 7.46. The Morgan fingerprint density at radius 3 is 2.41 bits per heavy atom. The van der Waals surface area contributed by atoms with Crippen molar-refractivity contribution < 1.29 is 23.9 Å². The van der Waals surface area contributed by atoms with E-state index in [9.17, 15) is 19.2 Å². The van der Waals surface area contributed by atoms with Crippen LogP contribution in [-0.4, -0.2) is 60.5 Å². The summed E-state index contributed by atoms with van der Waals surface area (Å²) in [6.45, 7) is 4.41. The molecule has 9 heteroatoms. The number of carbonyl (C=O) groups excluding carboxylic acids is 4. The van der Waals surface area contributed by atoms with Crippen molar-refractivity contribution in [3.05, 3.63) is 24.3 Å². The quantitative estimate of drug-likeness (QED) is 0.528. The number of nitrogens with one attached hydrogen (secondary N) is 2. The maximum atomic E-state index is 12.3. The number of urea groups is 1. The number of esters is 1. The first-order valence-electron chi connectivity index (χ1n) is 9.77. The summed E-state index contributed by atoms with van der Waals surface area (Å²) in [6.07, 6.45) is 2.78. The Hall–Kier alpha value is -3.10. The molecule has 0 aromatic heterocycles. The van der Waals surface area contributed by atoms with Gasteiger partial charge in [0.1, 0.15) is 12.1 Å². The van der Waals surface area contributed by atoms with Crippen molar-refractivity contribution in [1.29, 1.82) is 0 Å². The Balaban J connectivity index is 1.45. The fourth-order valence-electron chi connectivity index (χ4n) is 3.38. The predicted molar refractivity (Wildman–Crippen MR) is 106 cm³/mol. The Morgan fingerprint density at radius 1 is 1.17 bits per heavy atom. The SMILES string of the molecule is CC[C@@]1(C)NC(=O)N(CC(=O)OCC(=O)Nc2ccc(N3CCCC3)cc2)C1=O. The van der Waals surface area contributed by atoms with E-state index < -0.39 is 42.5 Å². The molecule has 1 aromatic carbocycles. The molecule has 0 bridgehead atoms. The van der Waals surface area contributed by atoms with E-state index in [1.807, 2.05) is 12.1 Å². The molecule has 2 aliphatic heterocycles. The fraction of sp³-hybridized carbons (Fsp3) is 0.500. The molecule has 0 radical (unpaired) electrons. The summed E-state index contributed by atoms with van der Waals surface area (Å²) in [7, 11) is 0. The first-order chi connectivity index (χ1) is 13.8. The van der Waals surface area contributed by atoms with E-state index in [4.69, 9.17) is 4.74 Å². The minimum absolute atomic E-state index is 0.405. The highest BCUT2D eigenvalue weighted by Crippen LogP contribution is 2.22. The molecule has 0 saturated carbocycles. The molecule has 29 heavy (non-hydrogen) atoms. The van der Waals surface area contributed by atoms with E-state index in [2.05, 4.69) is 15.5 Å². The number of hydrogen-bond acceptors (Lipinski definition) is 6. The summed E-state index contributed by atoms with van der Waals surface area (Å²) < 4.78 is 4.91. The highest BCUT2D eigenvalue weighted by molar-refractivity contribution is 6.08. The normalized spacial score (nSPS) is 21.3. The van der Waals surface area contributed by atoms with Gasteiger partial charge in [-0.25, -0.2) is 4.79 Å². The van der Waals surface area contributed by atoms with E-state index in [0.29, 0.717) is 12.1 Å². The average molecular weight is 402 g/mol. The zero-order valence-corrected chi connectivity index (χ0v) is 16.7. The summed E-state index contributed by atoms with van der Waals surface area (Å²) in [5, 5.41) is 5.21. The van der Waals surface area contributed by atoms with Crippen LogP contribution < -0.4 is 15.5 Å². The lowest BCUT2D eigenvalue weighted by atomic mass is 9.99. The van der Waals surface area contributed by atoms with Crippen molar-refractivity contribution in [1.82, 2.24) is 10.2 Å². The van der Waals surface area contributed by atoms with Crippen molar-refractivity contribution in [3.63, 3.8) is 0 Å². The minimum Gasteiger partial charge on any atom is -0.454 e. The van der Waals surface area contributed by atoms with Gasteiger partial charge in [0.05, 0.1) is 0 Å². The zero-order chi connectivity index (χ0) is 21.0. The zero-order valence-electron chi connectivity index (χ0n) is 16.7. The first kappa shape index (κ1) is 20.6. The number of benzene rings is 1. The topological polar surface area (TPSA) is 108 Å². The molecule has 0 spiro atoms. The van der Waals surface area contributed by atoms with Crippen LogP contribution in [0.2, 0.25) is 0 Å². The number of imide groups is 1. The van der Waals surface area contributed by atoms with Crippen LogP contribution in [0.25, 0.3) is 0 Å². The molecule has 2 fully saturated rings. The number of ether oxygens (including phenoxy) is 1. The number of anilines is 2. The minimum atomic E-state index is -1.02. The van der Waals surface area contributed by atoms with E-state index >= 15 is 0 Å². The van der Waals surface area contributed by atoms with Crippen LogP contribution >= 0.6 is 0 Å². The van der Waals surface area contributed by atoms with Crippen molar-refractivity contribution in [2.75, 3.05) is 36.5 Å². The van der Waals surface area contributed by atoms with Gasteiger partial charge in [0.15, 0.2) is 6.61 Å². The number of nitrogens with zero attached hydrogens (tertiary/aromatic N) is 2. The van der Waals surface area contributed by atoms with E-state index in [0.717, 1.165) is 23.7 Å². The predicted octanol–water partition coefficient (Wildman–Crippen LogP) is 1.49. The molecule has 2 heterocycles. The van der Waals surface area contributed by atoms with Crippen LogP contribution in [0.15, 0.2) is 24.3 Å². The maximum Gasteiger partial charge on any atom is 0.326 e. The van der Waals surface area contributed by atoms with Crippen LogP contribution in [0.1, 0.15) is 33.1 Å². The Bertz CT molecular complexity index is 804. The van der Waals surface area contributed by atoms with Crippen molar-refractivity contribution in [2.45, 2.75) is 38.6 Å². The summed E-state index contributed by atoms with van der Waals surface area (Å²) >= 11 is 0. The van der Waals surface area contributed by atoms with Crippen LogP contribution in [-0.2, 0) is 19.1 Å². The monoisotopic (exact) mass is 402 g/mol. The number of hydrogen-bond donors (Lipinski definition) is 2. The van der Waals surface area contributed by atoms with Crippen molar-refractivity contribution in [2.24, 2.45) is 0 Å². The third-order valence-electron chi connectivity index (χ3n) is 5.33. The summed E-state index contributed by atoms with van der Waals surface area (Å²) in [5.41, 5.74) is 0.692. The second kappa shape index (κ2) is 8.50. The summed E-state index contributed by atoms with van der Waals surface area (Å²) in [4.78, 5) is 51.2. The van der Waals surface area contributed by atoms with Crippen LogP contribution in [0.4, 0.5) is 16.2 Å². The number of rotatable bonds is 7. The van der Waals surface area contributed by atoms with Crippen LogP contribution in [0.3, 0.4) is 0 Å². The molecule has 4 amide bonds. The molecule has 9 nitrogen and oxygen atoms in total. The van der Waals surface area contributed by atoms with Crippen molar-refractivity contribution in [3.8, 4) is 0 Å². The molecule has 0 aliphatic carbocycles. The number of amides is 4. The molecule has 1 aromatic rings. The molecular formula is C20H26N4O5. The van der Waals surface area contributed by atoms with Gasteiger partial charge in [0, 0.05) is 24.5 Å². The second-order valence-corrected chi connectivity index (χ2v) is 7.46. The van der Waals surface area contributed by atoms with E-state index in [-0.39, 0.29) is 0 Å². The maximum absolute atomic E-state index is 12.3. The summed E-state index contributed by atoms with van der Waals surface area (Å²) in [5.74, 6) is -1.80. The Labute approximate surface area is 169 Å². The van der Waals surface area contributed by atoms with E-state index in [1.54, 1.807) is 26.0 Å². The van der Waals surface area contributed by atoms with Gasteiger partial charge >= 0.3 is 12.0 Å². The standard InChI is InChI=1S/C20H26N4O5/c1-3-20(2)18(27)24(19(28)22-20)12-17(26)29-13-16(25)21-14-6-8-15(9-7-14)23-10-4-5-11-23/h6-9H,3-5,10-13H2,1-2H3,(H,21,25)(H,22,28)/t20-/m1/s1. The van der Waals surface area contributed by atoms with Crippen molar-refractivity contribution >= 4 is 35.2 Å². The lowest BCUT2D eigenvalue weighted by molar-refractivity contribution is -0.150. The Morgan fingerprint density at radius 2 is 1.83 bits per heavy atom. The number of carbonyl (C=O) groups is 4. The van der Waals surface area contributed by atoms with Gasteiger partial charge in [-0.3, -0.25) is 19.3 Å². The average Bonchev–Trinajstić information content (AvgIpc) is 3.31. The smallest absolute Gasteiger partial charge is 0.326 e. The third-order valence-corrected chi connectivity index (χ3v) is 5.33. The van der Waals surface area contributed by atoms with Gasteiger partial charge < -0.3 is 20.3 Å². The highest BCUT2D eigenvalue weighted by Gasteiger charge is 2.47. The molecule has 2 aliphatic rings. The fourth-order valence-corrected chi connectivity index (χ4v) is 3.38. The lowest BCUT2D eigenvalue weighted by Gasteiger charge is -2.19. The third kappa shape index (κ3) is 4.67. The van der Waals surface area contributed by atoms with Gasteiger partial charge in [-0.1, -0.05) is 6.92 Å². The molecule has 2 saturated heterocycles. The van der Waals surface area contributed by atoms with Gasteiger partial charge in [-0.05, 0) is 50.5 Å². The molecule has 2 N–H and O–H groups in total. The molecule has 1 atom stereocenters.